The SMILES string of the molecule is Cc1ccc(OCc2nc3ccccc3n2CC(C)C)c(C)c1. The molecule has 0 aliphatic carbocycles. The fourth-order valence-electron chi connectivity index (χ4n) is 2.91. The van der Waals surface area contributed by atoms with Crippen LogP contribution >= 0.6 is 0 Å². The molecule has 0 aliphatic rings. The highest BCUT2D eigenvalue weighted by atomic mass is 16.5. The van der Waals surface area contributed by atoms with Crippen molar-refractivity contribution in [3.8, 4) is 5.75 Å². The Morgan fingerprint density at radius 2 is 1.87 bits per heavy atom. The van der Waals surface area contributed by atoms with Crippen molar-refractivity contribution in [1.29, 1.82) is 0 Å². The van der Waals surface area contributed by atoms with E-state index in [4.69, 9.17) is 9.72 Å². The first kappa shape index (κ1) is 15.6. The summed E-state index contributed by atoms with van der Waals surface area (Å²) in [7, 11) is 0. The average Bonchev–Trinajstić information content (AvgIpc) is 2.84. The summed E-state index contributed by atoms with van der Waals surface area (Å²) in [6.07, 6.45) is 0. The number of benzene rings is 2. The summed E-state index contributed by atoms with van der Waals surface area (Å²) in [4.78, 5) is 4.77. The molecule has 3 rings (SSSR count). The molecule has 0 saturated carbocycles. The molecule has 23 heavy (non-hydrogen) atoms. The smallest absolute Gasteiger partial charge is 0.148 e. The monoisotopic (exact) mass is 308 g/mol. The van der Waals surface area contributed by atoms with Crippen molar-refractivity contribution in [1.82, 2.24) is 9.55 Å². The Labute approximate surface area is 137 Å². The lowest BCUT2D eigenvalue weighted by molar-refractivity contribution is 0.285. The van der Waals surface area contributed by atoms with Gasteiger partial charge in [-0.15, -0.1) is 0 Å². The van der Waals surface area contributed by atoms with Gasteiger partial charge in [0.1, 0.15) is 18.2 Å². The number of para-hydroxylation sites is 2. The maximum Gasteiger partial charge on any atom is 0.148 e. The van der Waals surface area contributed by atoms with E-state index >= 15 is 0 Å². The van der Waals surface area contributed by atoms with Gasteiger partial charge in [0.05, 0.1) is 11.0 Å². The zero-order chi connectivity index (χ0) is 16.4. The Hall–Kier alpha value is -2.29. The fourth-order valence-corrected chi connectivity index (χ4v) is 2.91. The lowest BCUT2D eigenvalue weighted by Gasteiger charge is -2.13. The van der Waals surface area contributed by atoms with Crippen LogP contribution < -0.4 is 4.74 Å². The van der Waals surface area contributed by atoms with Gasteiger partial charge in [-0.1, -0.05) is 43.7 Å². The normalized spacial score (nSPS) is 11.3. The highest BCUT2D eigenvalue weighted by Crippen LogP contribution is 2.22. The summed E-state index contributed by atoms with van der Waals surface area (Å²) < 4.78 is 8.33. The molecule has 3 heteroatoms. The van der Waals surface area contributed by atoms with Crippen molar-refractivity contribution in [2.45, 2.75) is 40.8 Å². The van der Waals surface area contributed by atoms with Gasteiger partial charge >= 0.3 is 0 Å². The second kappa shape index (κ2) is 6.45. The number of aryl methyl sites for hydroxylation is 2. The van der Waals surface area contributed by atoms with Crippen LogP contribution in [0, 0.1) is 19.8 Å². The number of aromatic nitrogens is 2. The third kappa shape index (κ3) is 3.39. The highest BCUT2D eigenvalue weighted by molar-refractivity contribution is 5.75. The van der Waals surface area contributed by atoms with Crippen molar-refractivity contribution in [3.63, 3.8) is 0 Å². The van der Waals surface area contributed by atoms with Crippen molar-refractivity contribution in [2.75, 3.05) is 0 Å². The number of rotatable bonds is 5. The van der Waals surface area contributed by atoms with E-state index in [2.05, 4.69) is 62.6 Å². The van der Waals surface area contributed by atoms with Crippen LogP contribution in [0.1, 0.15) is 30.8 Å². The van der Waals surface area contributed by atoms with Crippen LogP contribution in [-0.4, -0.2) is 9.55 Å². The van der Waals surface area contributed by atoms with Gasteiger partial charge in [0.15, 0.2) is 0 Å². The van der Waals surface area contributed by atoms with Crippen LogP contribution in [0.3, 0.4) is 0 Å². The highest BCUT2D eigenvalue weighted by Gasteiger charge is 2.12. The van der Waals surface area contributed by atoms with E-state index in [0.29, 0.717) is 12.5 Å². The van der Waals surface area contributed by atoms with Gasteiger partial charge in [0.2, 0.25) is 0 Å². The lowest BCUT2D eigenvalue weighted by Crippen LogP contribution is -2.11. The van der Waals surface area contributed by atoms with Crippen LogP contribution in [-0.2, 0) is 13.2 Å². The Morgan fingerprint density at radius 3 is 2.61 bits per heavy atom. The molecule has 0 atom stereocenters. The summed E-state index contributed by atoms with van der Waals surface area (Å²) in [6.45, 7) is 10.1. The van der Waals surface area contributed by atoms with E-state index in [1.807, 2.05) is 12.1 Å². The lowest BCUT2D eigenvalue weighted by atomic mass is 10.1. The number of imidazole rings is 1. The fraction of sp³-hybridized carbons (Fsp3) is 0.350. The van der Waals surface area contributed by atoms with Crippen LogP contribution in [0.2, 0.25) is 0 Å². The molecule has 1 aromatic heterocycles. The second-order valence-electron chi connectivity index (χ2n) is 6.58. The molecule has 1 heterocycles. The average molecular weight is 308 g/mol. The molecule has 3 nitrogen and oxygen atoms in total. The Bertz CT molecular complexity index is 818. The van der Waals surface area contributed by atoms with Gasteiger partial charge in [-0.05, 0) is 43.5 Å². The molecule has 0 saturated heterocycles. The number of hydrogen-bond donors (Lipinski definition) is 0. The molecular weight excluding hydrogens is 284 g/mol. The summed E-state index contributed by atoms with van der Waals surface area (Å²) >= 11 is 0. The van der Waals surface area contributed by atoms with E-state index in [1.54, 1.807) is 0 Å². The van der Waals surface area contributed by atoms with Crippen LogP contribution in [0.15, 0.2) is 42.5 Å². The van der Waals surface area contributed by atoms with Crippen molar-refractivity contribution >= 4 is 11.0 Å². The first-order valence-electron chi connectivity index (χ1n) is 8.19. The van der Waals surface area contributed by atoms with Crippen molar-refractivity contribution in [2.24, 2.45) is 5.92 Å². The van der Waals surface area contributed by atoms with Crippen LogP contribution in [0.25, 0.3) is 11.0 Å². The Balaban J connectivity index is 1.89. The number of nitrogens with zero attached hydrogens (tertiary/aromatic N) is 2. The number of fused-ring (bicyclic) bond motifs is 1. The zero-order valence-electron chi connectivity index (χ0n) is 14.3. The van der Waals surface area contributed by atoms with Gasteiger partial charge in [-0.3, -0.25) is 0 Å². The second-order valence-corrected chi connectivity index (χ2v) is 6.58. The molecule has 0 bridgehead atoms. The molecule has 0 spiro atoms. The topological polar surface area (TPSA) is 27.1 Å². The third-order valence-corrected chi connectivity index (χ3v) is 3.97. The van der Waals surface area contributed by atoms with Gasteiger partial charge in [-0.25, -0.2) is 4.98 Å². The minimum atomic E-state index is 0.491. The number of ether oxygens (including phenoxy) is 1. The number of hydrogen-bond acceptors (Lipinski definition) is 2. The maximum absolute atomic E-state index is 6.05. The predicted molar refractivity (Wildman–Crippen MR) is 94.8 cm³/mol. The van der Waals surface area contributed by atoms with E-state index in [-0.39, 0.29) is 0 Å². The summed E-state index contributed by atoms with van der Waals surface area (Å²) in [5, 5.41) is 0. The van der Waals surface area contributed by atoms with Crippen molar-refractivity contribution < 1.29 is 4.74 Å². The zero-order valence-corrected chi connectivity index (χ0v) is 14.3. The maximum atomic E-state index is 6.05. The van der Waals surface area contributed by atoms with E-state index < -0.39 is 0 Å². The molecule has 2 aromatic carbocycles. The molecule has 0 radical (unpaired) electrons. The van der Waals surface area contributed by atoms with Crippen LogP contribution in [0.4, 0.5) is 0 Å². The molecule has 0 fully saturated rings. The van der Waals surface area contributed by atoms with E-state index in [0.717, 1.165) is 29.2 Å². The molecule has 0 N–H and O–H groups in total. The molecule has 120 valence electrons. The van der Waals surface area contributed by atoms with Gasteiger partial charge in [-0.2, -0.15) is 0 Å². The van der Waals surface area contributed by atoms with E-state index in [9.17, 15) is 0 Å². The van der Waals surface area contributed by atoms with Crippen LogP contribution in [0.5, 0.6) is 5.75 Å². The van der Waals surface area contributed by atoms with Gasteiger partial charge in [0, 0.05) is 6.54 Å². The largest absolute Gasteiger partial charge is 0.485 e. The van der Waals surface area contributed by atoms with Crippen molar-refractivity contribution in [3.05, 3.63) is 59.4 Å². The molecule has 0 aliphatic heterocycles. The first-order chi connectivity index (χ1) is 11.0. The minimum absolute atomic E-state index is 0.491. The minimum Gasteiger partial charge on any atom is -0.485 e. The summed E-state index contributed by atoms with van der Waals surface area (Å²) in [6, 6.07) is 14.6. The van der Waals surface area contributed by atoms with Gasteiger partial charge < -0.3 is 9.30 Å². The summed E-state index contributed by atoms with van der Waals surface area (Å²) in [5.74, 6) is 2.48. The predicted octanol–water partition coefficient (Wildman–Crippen LogP) is 4.89. The summed E-state index contributed by atoms with van der Waals surface area (Å²) in [5.41, 5.74) is 4.63. The van der Waals surface area contributed by atoms with E-state index in [1.165, 1.54) is 11.1 Å². The molecule has 0 unspecified atom stereocenters. The molecular formula is C20H24N2O. The standard InChI is InChI=1S/C20H24N2O/c1-14(2)12-22-18-8-6-5-7-17(18)21-20(22)13-23-19-10-9-15(3)11-16(19)4/h5-11,14H,12-13H2,1-4H3. The first-order valence-corrected chi connectivity index (χ1v) is 8.19. The Morgan fingerprint density at radius 1 is 1.09 bits per heavy atom. The Kier molecular flexibility index (Phi) is 4.37. The quantitative estimate of drug-likeness (QED) is 0.671. The van der Waals surface area contributed by atoms with Gasteiger partial charge in [0.25, 0.3) is 0 Å². The molecule has 3 aromatic rings. The third-order valence-electron chi connectivity index (χ3n) is 3.97. The molecule has 0 amide bonds.